The number of carbonyl (C=O) groups excluding carboxylic acids is 2. The fraction of sp³-hybridized carbons (Fsp3) is 0.200. The van der Waals surface area contributed by atoms with Gasteiger partial charge >= 0.3 is 12.4 Å². The molecule has 2 atom stereocenters. The van der Waals surface area contributed by atoms with Gasteiger partial charge in [0.2, 0.25) is 5.91 Å². The van der Waals surface area contributed by atoms with Gasteiger partial charge in [0.1, 0.15) is 11.7 Å². The van der Waals surface area contributed by atoms with Crippen LogP contribution in [0.2, 0.25) is 0 Å². The molecule has 1 aliphatic heterocycles. The summed E-state index contributed by atoms with van der Waals surface area (Å²) in [5.74, 6) is -1.88. The summed E-state index contributed by atoms with van der Waals surface area (Å²) in [7, 11) is 0. The van der Waals surface area contributed by atoms with Crippen molar-refractivity contribution in [2.75, 3.05) is 5.32 Å². The minimum atomic E-state index is -4.87. The van der Waals surface area contributed by atoms with Crippen LogP contribution in [-0.2, 0) is 4.79 Å². The number of nitrogens with one attached hydrogen (secondary N) is 3. The number of H-pyrrole nitrogens is 1. The maximum absolute atomic E-state index is 13.1. The second-order valence-corrected chi connectivity index (χ2v) is 6.94. The molecule has 1 aliphatic rings. The Labute approximate surface area is 173 Å². The van der Waals surface area contributed by atoms with Crippen LogP contribution in [0, 0.1) is 5.92 Å². The third-order valence-electron chi connectivity index (χ3n) is 4.78. The van der Waals surface area contributed by atoms with Gasteiger partial charge in [-0.2, -0.15) is 5.10 Å². The largest absolute Gasteiger partial charge is 0.573 e. The van der Waals surface area contributed by atoms with E-state index in [1.165, 1.54) is 19.1 Å². The summed E-state index contributed by atoms with van der Waals surface area (Å²) >= 11 is 0. The van der Waals surface area contributed by atoms with E-state index in [0.29, 0.717) is 5.69 Å². The SMILES string of the molecule is CC1=NC(=O)NC(c2cccc(OC(F)(F)F)c2)C1C(=O)Nc1ccc2[nH]ncc2c1. The molecule has 0 saturated heterocycles. The van der Waals surface area contributed by atoms with E-state index in [0.717, 1.165) is 23.0 Å². The lowest BCUT2D eigenvalue weighted by atomic mass is 9.87. The Morgan fingerprint density at radius 3 is 2.77 bits per heavy atom. The van der Waals surface area contributed by atoms with Crippen LogP contribution in [0.15, 0.2) is 53.7 Å². The lowest BCUT2D eigenvalue weighted by molar-refractivity contribution is -0.274. The van der Waals surface area contributed by atoms with Gasteiger partial charge in [-0.25, -0.2) is 9.79 Å². The van der Waals surface area contributed by atoms with Crippen molar-refractivity contribution in [3.8, 4) is 5.75 Å². The number of anilines is 1. The van der Waals surface area contributed by atoms with Crippen molar-refractivity contribution >= 4 is 34.2 Å². The highest BCUT2D eigenvalue weighted by molar-refractivity contribution is 6.13. The standard InChI is InChI=1S/C20H16F3N5O3/c1-10-16(18(29)26-13-5-6-15-12(7-13)9-24-28-15)17(27-19(30)25-10)11-3-2-4-14(8-11)31-20(21,22)23/h2-9,16-17H,1H3,(H,24,28)(H,26,29)(H,27,30). The number of hydrogen-bond donors (Lipinski definition) is 3. The van der Waals surface area contributed by atoms with E-state index in [-0.39, 0.29) is 11.3 Å². The van der Waals surface area contributed by atoms with Crippen molar-refractivity contribution < 1.29 is 27.5 Å². The molecule has 0 fully saturated rings. The van der Waals surface area contributed by atoms with E-state index in [2.05, 4.69) is 30.6 Å². The average Bonchev–Trinajstić information content (AvgIpc) is 3.14. The van der Waals surface area contributed by atoms with Gasteiger partial charge in [-0.05, 0) is 42.8 Å². The van der Waals surface area contributed by atoms with Crippen LogP contribution in [0.3, 0.4) is 0 Å². The molecular weight excluding hydrogens is 415 g/mol. The first-order valence-corrected chi connectivity index (χ1v) is 9.15. The monoisotopic (exact) mass is 431 g/mol. The van der Waals surface area contributed by atoms with E-state index in [9.17, 15) is 22.8 Å². The molecular formula is C20H16F3N5O3. The molecule has 2 heterocycles. The van der Waals surface area contributed by atoms with Gasteiger partial charge in [0.05, 0.1) is 17.8 Å². The normalized spacial score (nSPS) is 19.0. The summed E-state index contributed by atoms with van der Waals surface area (Å²) < 4.78 is 41.7. The number of carbonyl (C=O) groups is 2. The number of aromatic amines is 1. The summed E-state index contributed by atoms with van der Waals surface area (Å²) in [6.07, 6.45) is -3.26. The van der Waals surface area contributed by atoms with Crippen LogP contribution < -0.4 is 15.4 Å². The number of hydrogen-bond acceptors (Lipinski definition) is 4. The molecule has 0 radical (unpaired) electrons. The average molecular weight is 431 g/mol. The zero-order chi connectivity index (χ0) is 22.2. The highest BCUT2D eigenvalue weighted by atomic mass is 19.4. The molecule has 31 heavy (non-hydrogen) atoms. The molecule has 0 spiro atoms. The molecule has 1 aromatic heterocycles. The Morgan fingerprint density at radius 1 is 1.19 bits per heavy atom. The third-order valence-corrected chi connectivity index (χ3v) is 4.78. The highest BCUT2D eigenvalue weighted by Crippen LogP contribution is 2.32. The Kier molecular flexibility index (Phi) is 5.09. The van der Waals surface area contributed by atoms with E-state index < -0.39 is 36.0 Å². The molecule has 3 aromatic rings. The fourth-order valence-corrected chi connectivity index (χ4v) is 3.48. The van der Waals surface area contributed by atoms with Gasteiger partial charge in [0, 0.05) is 16.8 Å². The number of ether oxygens (including phenoxy) is 1. The van der Waals surface area contributed by atoms with Gasteiger partial charge in [0.15, 0.2) is 0 Å². The topological polar surface area (TPSA) is 108 Å². The van der Waals surface area contributed by atoms with Crippen molar-refractivity contribution in [2.45, 2.75) is 19.3 Å². The molecule has 0 bridgehead atoms. The molecule has 3 amide bonds. The van der Waals surface area contributed by atoms with Crippen LogP contribution in [0.25, 0.3) is 10.9 Å². The van der Waals surface area contributed by atoms with Crippen LogP contribution in [0.5, 0.6) is 5.75 Å². The summed E-state index contributed by atoms with van der Waals surface area (Å²) in [5, 5.41) is 12.8. The van der Waals surface area contributed by atoms with Crippen molar-refractivity contribution in [1.82, 2.24) is 15.5 Å². The van der Waals surface area contributed by atoms with Gasteiger partial charge in [0.25, 0.3) is 0 Å². The maximum atomic E-state index is 13.1. The second kappa shape index (κ2) is 7.74. The maximum Gasteiger partial charge on any atom is 0.573 e. The Bertz CT molecular complexity index is 1190. The predicted molar refractivity (Wildman–Crippen MR) is 106 cm³/mol. The zero-order valence-electron chi connectivity index (χ0n) is 16.0. The van der Waals surface area contributed by atoms with Crippen molar-refractivity contribution in [1.29, 1.82) is 0 Å². The Hall–Kier alpha value is -3.89. The Morgan fingerprint density at radius 2 is 2.00 bits per heavy atom. The molecule has 4 rings (SSSR count). The summed E-state index contributed by atoms with van der Waals surface area (Å²) in [6.45, 7) is 1.52. The number of alkyl halides is 3. The first-order valence-electron chi connectivity index (χ1n) is 9.15. The predicted octanol–water partition coefficient (Wildman–Crippen LogP) is 3.94. The van der Waals surface area contributed by atoms with E-state index >= 15 is 0 Å². The number of benzene rings is 2. The summed E-state index contributed by atoms with van der Waals surface area (Å²) in [5.41, 5.74) is 1.80. The lowest BCUT2D eigenvalue weighted by Gasteiger charge is -2.30. The number of amides is 3. The molecule has 0 aliphatic carbocycles. The molecule has 11 heteroatoms. The van der Waals surface area contributed by atoms with Crippen LogP contribution in [0.4, 0.5) is 23.7 Å². The third kappa shape index (κ3) is 4.49. The second-order valence-electron chi connectivity index (χ2n) is 6.94. The number of halogens is 3. The molecule has 3 N–H and O–H groups in total. The summed E-state index contributed by atoms with van der Waals surface area (Å²) in [4.78, 5) is 28.8. The molecule has 2 aromatic carbocycles. The number of fused-ring (bicyclic) bond motifs is 1. The van der Waals surface area contributed by atoms with Crippen LogP contribution in [0.1, 0.15) is 18.5 Å². The van der Waals surface area contributed by atoms with Gasteiger partial charge in [-0.3, -0.25) is 9.89 Å². The molecule has 0 saturated carbocycles. The fourth-order valence-electron chi connectivity index (χ4n) is 3.48. The number of aromatic nitrogens is 2. The number of rotatable bonds is 4. The minimum Gasteiger partial charge on any atom is -0.406 e. The minimum absolute atomic E-state index is 0.234. The quantitative estimate of drug-likeness (QED) is 0.581. The van der Waals surface area contributed by atoms with Gasteiger partial charge in [-0.15, -0.1) is 13.2 Å². The van der Waals surface area contributed by atoms with Crippen molar-refractivity contribution in [3.05, 3.63) is 54.2 Å². The van der Waals surface area contributed by atoms with E-state index in [4.69, 9.17) is 0 Å². The highest BCUT2D eigenvalue weighted by Gasteiger charge is 2.37. The van der Waals surface area contributed by atoms with Gasteiger partial charge < -0.3 is 15.4 Å². The molecule has 2 unspecified atom stereocenters. The first-order chi connectivity index (χ1) is 14.7. The van der Waals surface area contributed by atoms with E-state index in [1.54, 1.807) is 24.4 Å². The van der Waals surface area contributed by atoms with Crippen LogP contribution >= 0.6 is 0 Å². The summed E-state index contributed by atoms with van der Waals surface area (Å²) in [6, 6.07) is 8.66. The first kappa shape index (κ1) is 20.4. The molecule has 160 valence electrons. The zero-order valence-corrected chi connectivity index (χ0v) is 16.0. The molecule has 8 nitrogen and oxygen atoms in total. The van der Waals surface area contributed by atoms with Crippen LogP contribution in [-0.4, -0.2) is 34.2 Å². The lowest BCUT2D eigenvalue weighted by Crippen LogP contribution is -2.45. The van der Waals surface area contributed by atoms with Crippen molar-refractivity contribution in [2.24, 2.45) is 10.9 Å². The number of nitrogens with zero attached hydrogens (tertiary/aromatic N) is 2. The smallest absolute Gasteiger partial charge is 0.406 e. The van der Waals surface area contributed by atoms with E-state index in [1.807, 2.05) is 0 Å². The van der Waals surface area contributed by atoms with Gasteiger partial charge in [-0.1, -0.05) is 12.1 Å². The van der Waals surface area contributed by atoms with Crippen molar-refractivity contribution in [3.63, 3.8) is 0 Å². The number of urea groups is 1. The Balaban J connectivity index is 1.63. The number of aliphatic imine (C=N–C) groups is 1.